The molecule has 0 N–H and O–H groups in total. The molecular weight excluding hydrogens is 524 g/mol. The highest BCUT2D eigenvalue weighted by molar-refractivity contribution is 5.90. The SMILES string of the molecule is Cc1c(N=Cc2cc([N+](=O)[O-])ccc2N2CCN(Cc3ccc4c(c3)OCO4)CC2)c(=O)n(-c2ccccc2)n1C. The van der Waals surface area contributed by atoms with Crippen LogP contribution < -0.4 is 19.9 Å². The second-order valence-electron chi connectivity index (χ2n) is 10.1. The summed E-state index contributed by atoms with van der Waals surface area (Å²) in [6.45, 7) is 6.01. The van der Waals surface area contributed by atoms with E-state index < -0.39 is 4.92 Å². The van der Waals surface area contributed by atoms with Crippen molar-refractivity contribution in [3.05, 3.63) is 104 Å². The molecule has 0 radical (unpaired) electrons. The topological polar surface area (TPSA) is 107 Å². The van der Waals surface area contributed by atoms with E-state index >= 15 is 0 Å². The van der Waals surface area contributed by atoms with Gasteiger partial charge in [0, 0.05) is 69.4 Å². The number of aromatic nitrogens is 2. The highest BCUT2D eigenvalue weighted by Gasteiger charge is 2.22. The van der Waals surface area contributed by atoms with E-state index in [1.165, 1.54) is 12.1 Å². The maximum Gasteiger partial charge on any atom is 0.297 e. The fourth-order valence-corrected chi connectivity index (χ4v) is 5.33. The van der Waals surface area contributed by atoms with Crippen molar-refractivity contribution in [2.24, 2.45) is 12.0 Å². The Kier molecular flexibility index (Phi) is 7.02. The Morgan fingerprint density at radius 2 is 1.73 bits per heavy atom. The van der Waals surface area contributed by atoms with Crippen LogP contribution in [0.4, 0.5) is 17.1 Å². The Labute approximate surface area is 236 Å². The molecule has 1 aromatic heterocycles. The van der Waals surface area contributed by atoms with Gasteiger partial charge in [-0.3, -0.25) is 24.5 Å². The number of benzene rings is 3. The molecule has 0 bridgehead atoms. The van der Waals surface area contributed by atoms with Gasteiger partial charge >= 0.3 is 0 Å². The molecule has 0 spiro atoms. The van der Waals surface area contributed by atoms with Crippen molar-refractivity contribution in [3.63, 3.8) is 0 Å². The van der Waals surface area contributed by atoms with Gasteiger partial charge in [-0.05, 0) is 42.8 Å². The molecule has 3 aromatic carbocycles. The highest BCUT2D eigenvalue weighted by atomic mass is 16.7. The zero-order valence-corrected chi connectivity index (χ0v) is 22.9. The van der Waals surface area contributed by atoms with Crippen molar-refractivity contribution in [2.75, 3.05) is 37.9 Å². The normalized spacial score (nSPS) is 15.1. The van der Waals surface area contributed by atoms with Crippen LogP contribution in [-0.4, -0.2) is 58.4 Å². The van der Waals surface area contributed by atoms with Crippen LogP contribution >= 0.6 is 0 Å². The van der Waals surface area contributed by atoms with Gasteiger partial charge in [-0.25, -0.2) is 9.67 Å². The summed E-state index contributed by atoms with van der Waals surface area (Å²) in [6.07, 6.45) is 1.57. The van der Waals surface area contributed by atoms with Gasteiger partial charge in [-0.1, -0.05) is 24.3 Å². The summed E-state index contributed by atoms with van der Waals surface area (Å²) in [6, 6.07) is 20.2. The number of non-ortho nitro benzene ring substituents is 1. The first-order chi connectivity index (χ1) is 19.9. The molecule has 2 aliphatic rings. The highest BCUT2D eigenvalue weighted by Crippen LogP contribution is 2.33. The lowest BCUT2D eigenvalue weighted by atomic mass is 10.1. The molecular formula is C30H30N6O5. The van der Waals surface area contributed by atoms with E-state index in [2.05, 4.69) is 20.9 Å². The molecule has 3 heterocycles. The maximum atomic E-state index is 13.3. The molecule has 1 saturated heterocycles. The van der Waals surface area contributed by atoms with Crippen molar-refractivity contribution >= 4 is 23.3 Å². The second kappa shape index (κ2) is 10.9. The summed E-state index contributed by atoms with van der Waals surface area (Å²) in [4.78, 5) is 33.7. The molecule has 0 atom stereocenters. The maximum absolute atomic E-state index is 13.3. The number of nitrogens with zero attached hydrogens (tertiary/aromatic N) is 6. The third-order valence-electron chi connectivity index (χ3n) is 7.63. The van der Waals surface area contributed by atoms with E-state index in [4.69, 9.17) is 9.47 Å². The monoisotopic (exact) mass is 554 g/mol. The molecule has 2 aliphatic heterocycles. The Bertz CT molecular complexity index is 1690. The van der Waals surface area contributed by atoms with Crippen molar-refractivity contribution in [1.82, 2.24) is 14.3 Å². The van der Waals surface area contributed by atoms with Crippen LogP contribution in [0.3, 0.4) is 0 Å². The van der Waals surface area contributed by atoms with Crippen LogP contribution in [0.5, 0.6) is 11.5 Å². The van der Waals surface area contributed by atoms with E-state index in [9.17, 15) is 14.9 Å². The Hall–Kier alpha value is -4.90. The van der Waals surface area contributed by atoms with Crippen molar-refractivity contribution in [3.8, 4) is 17.2 Å². The number of aliphatic imine (C=N–C) groups is 1. The molecule has 6 rings (SSSR count). The van der Waals surface area contributed by atoms with E-state index in [0.717, 1.165) is 61.2 Å². The van der Waals surface area contributed by atoms with Crippen LogP contribution in [0.2, 0.25) is 0 Å². The quantitative estimate of drug-likeness (QED) is 0.192. The first kappa shape index (κ1) is 26.3. The van der Waals surface area contributed by atoms with Gasteiger partial charge < -0.3 is 14.4 Å². The summed E-state index contributed by atoms with van der Waals surface area (Å²) >= 11 is 0. The predicted molar refractivity (Wildman–Crippen MR) is 156 cm³/mol. The molecule has 11 heteroatoms. The van der Waals surface area contributed by atoms with E-state index in [0.29, 0.717) is 16.9 Å². The van der Waals surface area contributed by atoms with Crippen LogP contribution in [0.15, 0.2) is 76.5 Å². The fourth-order valence-electron chi connectivity index (χ4n) is 5.33. The van der Waals surface area contributed by atoms with Crippen molar-refractivity contribution < 1.29 is 14.4 Å². The van der Waals surface area contributed by atoms with Gasteiger partial charge in [0.2, 0.25) is 6.79 Å². The zero-order valence-electron chi connectivity index (χ0n) is 22.9. The number of nitro benzene ring substituents is 1. The lowest BCUT2D eigenvalue weighted by Gasteiger charge is -2.36. The lowest BCUT2D eigenvalue weighted by Crippen LogP contribution is -2.46. The summed E-state index contributed by atoms with van der Waals surface area (Å²) in [5.74, 6) is 1.55. The predicted octanol–water partition coefficient (Wildman–Crippen LogP) is 4.19. The molecule has 41 heavy (non-hydrogen) atoms. The van der Waals surface area contributed by atoms with Crippen LogP contribution in [0.25, 0.3) is 5.69 Å². The fraction of sp³-hybridized carbons (Fsp3) is 0.267. The minimum Gasteiger partial charge on any atom is -0.454 e. The first-order valence-electron chi connectivity index (χ1n) is 13.4. The van der Waals surface area contributed by atoms with Gasteiger partial charge in [0.25, 0.3) is 11.2 Å². The summed E-state index contributed by atoms with van der Waals surface area (Å²) in [5, 5.41) is 11.6. The minimum atomic E-state index is -0.416. The molecule has 0 unspecified atom stereocenters. The van der Waals surface area contributed by atoms with Crippen LogP contribution in [0, 0.1) is 17.0 Å². The lowest BCUT2D eigenvalue weighted by molar-refractivity contribution is -0.384. The van der Waals surface area contributed by atoms with E-state index in [1.807, 2.05) is 56.4 Å². The van der Waals surface area contributed by atoms with Gasteiger partial charge in [-0.2, -0.15) is 0 Å². The molecule has 4 aromatic rings. The molecule has 1 fully saturated rings. The van der Waals surface area contributed by atoms with E-state index in [-0.39, 0.29) is 18.0 Å². The molecule has 0 saturated carbocycles. The number of nitro groups is 1. The van der Waals surface area contributed by atoms with Crippen LogP contribution in [-0.2, 0) is 13.6 Å². The minimum absolute atomic E-state index is 0.0249. The Balaban J connectivity index is 1.23. The number of hydrogen-bond donors (Lipinski definition) is 0. The number of hydrogen-bond acceptors (Lipinski definition) is 8. The van der Waals surface area contributed by atoms with Gasteiger partial charge in [0.1, 0.15) is 0 Å². The third kappa shape index (κ3) is 5.19. The number of rotatable bonds is 7. The number of anilines is 1. The van der Waals surface area contributed by atoms with Crippen LogP contribution in [0.1, 0.15) is 16.8 Å². The molecule has 0 amide bonds. The first-order valence-corrected chi connectivity index (χ1v) is 13.4. The number of fused-ring (bicyclic) bond motifs is 1. The zero-order chi connectivity index (χ0) is 28.5. The standard InChI is InChI=1S/C30H30N6O5/c1-21-29(30(37)35(32(21)2)24-6-4-3-5-7-24)31-18-23-17-25(36(38)39)9-10-26(23)34-14-12-33(13-15-34)19-22-8-11-27-28(16-22)41-20-40-27/h3-11,16-18H,12-15,19-20H2,1-2H3. The number of ether oxygens (including phenoxy) is 2. The Morgan fingerprint density at radius 1 is 0.976 bits per heavy atom. The molecule has 0 aliphatic carbocycles. The molecule has 210 valence electrons. The van der Waals surface area contributed by atoms with E-state index in [1.54, 1.807) is 21.6 Å². The summed E-state index contributed by atoms with van der Waals surface area (Å²) in [5.41, 5.74) is 4.04. The van der Waals surface area contributed by atoms with Crippen molar-refractivity contribution in [1.29, 1.82) is 0 Å². The summed E-state index contributed by atoms with van der Waals surface area (Å²) < 4.78 is 14.3. The third-order valence-corrected chi connectivity index (χ3v) is 7.63. The molecule has 11 nitrogen and oxygen atoms in total. The van der Waals surface area contributed by atoms with Gasteiger partial charge in [0.15, 0.2) is 17.2 Å². The smallest absolute Gasteiger partial charge is 0.297 e. The second-order valence-corrected chi connectivity index (χ2v) is 10.1. The average molecular weight is 555 g/mol. The number of para-hydroxylation sites is 1. The number of piperazine rings is 1. The Morgan fingerprint density at radius 3 is 2.49 bits per heavy atom. The van der Waals surface area contributed by atoms with Gasteiger partial charge in [0.05, 0.1) is 16.3 Å². The van der Waals surface area contributed by atoms with Crippen molar-refractivity contribution in [2.45, 2.75) is 13.5 Å². The average Bonchev–Trinajstić information content (AvgIpc) is 3.54. The van der Waals surface area contributed by atoms with Gasteiger partial charge in [-0.15, -0.1) is 0 Å². The largest absolute Gasteiger partial charge is 0.454 e. The summed E-state index contributed by atoms with van der Waals surface area (Å²) in [7, 11) is 1.81.